The minimum atomic E-state index is -0.351. The molecule has 1 aliphatic heterocycles. The second-order valence-electron chi connectivity index (χ2n) is 8.17. The van der Waals surface area contributed by atoms with Gasteiger partial charge in [0.2, 0.25) is 0 Å². The number of rotatable bonds is 5. The molecule has 1 heterocycles. The number of benzene rings is 2. The molecule has 0 saturated heterocycles. The molecule has 1 aliphatic rings. The van der Waals surface area contributed by atoms with Crippen molar-refractivity contribution in [3.63, 3.8) is 0 Å². The van der Waals surface area contributed by atoms with Crippen LogP contribution in [-0.4, -0.2) is 38.9 Å². The Kier molecular flexibility index (Phi) is 6.41. The van der Waals surface area contributed by atoms with Crippen molar-refractivity contribution in [2.75, 3.05) is 26.2 Å². The highest BCUT2D eigenvalue weighted by Gasteiger charge is 2.34. The molecule has 1 amide bonds. The van der Waals surface area contributed by atoms with Crippen molar-refractivity contribution in [3.05, 3.63) is 51.5 Å². The van der Waals surface area contributed by atoms with Crippen LogP contribution in [0, 0.1) is 0 Å². The standard InChI is InChI=1S/C23H28BrN3O3/c1-14-12-23(2,3)27(4)19-11-21(30-6)15(9-17(14)19)13-25-26-22(28)18-10-16(24)7-8-20(18)29-5/h7-11,13-14H,12H2,1-6H3,(H,26,28)/b25-13-. The van der Waals surface area contributed by atoms with E-state index in [2.05, 4.69) is 65.2 Å². The van der Waals surface area contributed by atoms with Crippen LogP contribution in [0.2, 0.25) is 0 Å². The van der Waals surface area contributed by atoms with Gasteiger partial charge in [0.15, 0.2) is 0 Å². The Bertz CT molecular complexity index is 988. The predicted octanol–water partition coefficient (Wildman–Crippen LogP) is 4.95. The Labute approximate surface area is 186 Å². The van der Waals surface area contributed by atoms with Crippen molar-refractivity contribution in [1.29, 1.82) is 0 Å². The Balaban J connectivity index is 1.87. The third kappa shape index (κ3) is 4.31. The smallest absolute Gasteiger partial charge is 0.275 e. The summed E-state index contributed by atoms with van der Waals surface area (Å²) in [4.78, 5) is 14.9. The largest absolute Gasteiger partial charge is 0.496 e. The topological polar surface area (TPSA) is 63.2 Å². The van der Waals surface area contributed by atoms with Crippen molar-refractivity contribution in [3.8, 4) is 11.5 Å². The summed E-state index contributed by atoms with van der Waals surface area (Å²) in [5.41, 5.74) is 6.28. The normalized spacial score (nSPS) is 17.6. The summed E-state index contributed by atoms with van der Waals surface area (Å²) in [6, 6.07) is 9.39. The van der Waals surface area contributed by atoms with Gasteiger partial charge in [0.1, 0.15) is 11.5 Å². The number of nitrogens with zero attached hydrogens (tertiary/aromatic N) is 2. The summed E-state index contributed by atoms with van der Waals surface area (Å²) in [5, 5.41) is 4.16. The first-order chi connectivity index (χ1) is 14.2. The fourth-order valence-corrected chi connectivity index (χ4v) is 4.33. The van der Waals surface area contributed by atoms with Gasteiger partial charge in [-0.3, -0.25) is 4.79 Å². The molecule has 0 saturated carbocycles. The van der Waals surface area contributed by atoms with Crippen LogP contribution in [0.5, 0.6) is 11.5 Å². The van der Waals surface area contributed by atoms with Crippen molar-refractivity contribution in [2.45, 2.75) is 38.6 Å². The number of anilines is 1. The molecule has 160 valence electrons. The first-order valence-electron chi connectivity index (χ1n) is 9.80. The van der Waals surface area contributed by atoms with Crippen LogP contribution in [-0.2, 0) is 0 Å². The van der Waals surface area contributed by atoms with Crippen molar-refractivity contribution >= 4 is 33.7 Å². The molecule has 30 heavy (non-hydrogen) atoms. The number of ether oxygens (including phenoxy) is 2. The van der Waals surface area contributed by atoms with E-state index < -0.39 is 0 Å². The van der Waals surface area contributed by atoms with E-state index in [1.807, 2.05) is 12.1 Å². The van der Waals surface area contributed by atoms with Gasteiger partial charge in [0, 0.05) is 34.4 Å². The lowest BCUT2D eigenvalue weighted by molar-refractivity contribution is 0.0952. The zero-order chi connectivity index (χ0) is 22.1. The zero-order valence-electron chi connectivity index (χ0n) is 18.2. The fraction of sp³-hybridized carbons (Fsp3) is 0.391. The maximum atomic E-state index is 12.6. The van der Waals surface area contributed by atoms with Crippen molar-refractivity contribution < 1.29 is 14.3 Å². The van der Waals surface area contributed by atoms with Gasteiger partial charge >= 0.3 is 0 Å². The molecule has 1 N–H and O–H groups in total. The molecule has 0 aliphatic carbocycles. The first kappa shape index (κ1) is 22.2. The molecule has 6 nitrogen and oxygen atoms in total. The first-order valence-corrected chi connectivity index (χ1v) is 10.6. The molecular weight excluding hydrogens is 446 g/mol. The average Bonchev–Trinajstić information content (AvgIpc) is 2.71. The number of hydrazone groups is 1. The van der Waals surface area contributed by atoms with E-state index in [1.165, 1.54) is 12.7 Å². The molecule has 3 rings (SSSR count). The SMILES string of the molecule is COc1cc2c(cc1/C=N\NC(=O)c1cc(Br)ccc1OC)C(C)CC(C)(C)N2C. The van der Waals surface area contributed by atoms with Gasteiger partial charge in [-0.15, -0.1) is 0 Å². The van der Waals surface area contributed by atoms with Crippen LogP contribution in [0.3, 0.4) is 0 Å². The summed E-state index contributed by atoms with van der Waals surface area (Å²) in [6.07, 6.45) is 2.67. The van der Waals surface area contributed by atoms with Gasteiger partial charge < -0.3 is 14.4 Å². The quantitative estimate of drug-likeness (QED) is 0.492. The fourth-order valence-electron chi connectivity index (χ4n) is 3.97. The van der Waals surface area contributed by atoms with Gasteiger partial charge in [-0.25, -0.2) is 5.43 Å². The number of carbonyl (C=O) groups is 1. The summed E-state index contributed by atoms with van der Waals surface area (Å²) < 4.78 is 11.7. The van der Waals surface area contributed by atoms with Gasteiger partial charge in [-0.2, -0.15) is 5.10 Å². The lowest BCUT2D eigenvalue weighted by Crippen LogP contribution is -2.45. The number of hydrogen-bond acceptors (Lipinski definition) is 5. The summed E-state index contributed by atoms with van der Waals surface area (Å²) in [7, 11) is 5.28. The molecule has 1 atom stereocenters. The van der Waals surface area contributed by atoms with E-state index in [9.17, 15) is 4.79 Å². The van der Waals surface area contributed by atoms with E-state index >= 15 is 0 Å². The van der Waals surface area contributed by atoms with Crippen LogP contribution in [0.25, 0.3) is 0 Å². The van der Waals surface area contributed by atoms with Crippen LogP contribution in [0.4, 0.5) is 5.69 Å². The van der Waals surface area contributed by atoms with E-state index in [0.717, 1.165) is 22.1 Å². The second-order valence-corrected chi connectivity index (χ2v) is 9.09. The molecule has 2 aromatic carbocycles. The van der Waals surface area contributed by atoms with Gasteiger partial charge in [-0.1, -0.05) is 22.9 Å². The Morgan fingerprint density at radius 2 is 1.93 bits per heavy atom. The monoisotopic (exact) mass is 473 g/mol. The van der Waals surface area contributed by atoms with Crippen LogP contribution < -0.4 is 19.8 Å². The number of amides is 1. The number of fused-ring (bicyclic) bond motifs is 1. The second kappa shape index (κ2) is 8.68. The number of nitrogens with one attached hydrogen (secondary N) is 1. The molecule has 0 aromatic heterocycles. The highest BCUT2D eigenvalue weighted by Crippen LogP contribution is 2.44. The molecule has 0 bridgehead atoms. The third-order valence-corrected chi connectivity index (χ3v) is 6.25. The molecule has 0 spiro atoms. The summed E-state index contributed by atoms with van der Waals surface area (Å²) in [5.74, 6) is 1.25. The molecule has 1 unspecified atom stereocenters. The number of halogens is 1. The lowest BCUT2D eigenvalue weighted by Gasteiger charge is -2.45. The Morgan fingerprint density at radius 1 is 1.23 bits per heavy atom. The van der Waals surface area contributed by atoms with E-state index in [0.29, 0.717) is 23.0 Å². The van der Waals surface area contributed by atoms with Crippen molar-refractivity contribution in [1.82, 2.24) is 5.43 Å². The van der Waals surface area contributed by atoms with Crippen LogP contribution in [0.15, 0.2) is 39.9 Å². The maximum Gasteiger partial charge on any atom is 0.275 e. The minimum Gasteiger partial charge on any atom is -0.496 e. The maximum absolute atomic E-state index is 12.6. The molecule has 2 aromatic rings. The predicted molar refractivity (Wildman–Crippen MR) is 124 cm³/mol. The van der Waals surface area contributed by atoms with Crippen LogP contribution >= 0.6 is 15.9 Å². The minimum absolute atomic E-state index is 0.0734. The highest BCUT2D eigenvalue weighted by molar-refractivity contribution is 9.10. The van der Waals surface area contributed by atoms with Crippen molar-refractivity contribution in [2.24, 2.45) is 5.10 Å². The Hall–Kier alpha value is -2.54. The van der Waals surface area contributed by atoms with Gasteiger partial charge in [-0.05, 0) is 56.0 Å². The number of methoxy groups -OCH3 is 2. The molecular formula is C23H28BrN3O3. The number of carbonyl (C=O) groups excluding carboxylic acids is 1. The molecule has 7 heteroatoms. The van der Waals surface area contributed by atoms with Gasteiger partial charge in [0.25, 0.3) is 5.91 Å². The summed E-state index contributed by atoms with van der Waals surface area (Å²) >= 11 is 3.38. The third-order valence-electron chi connectivity index (χ3n) is 5.76. The number of hydrogen-bond donors (Lipinski definition) is 1. The van der Waals surface area contributed by atoms with E-state index in [1.54, 1.807) is 25.5 Å². The highest BCUT2D eigenvalue weighted by atomic mass is 79.9. The Morgan fingerprint density at radius 3 is 2.60 bits per heavy atom. The average molecular weight is 474 g/mol. The van der Waals surface area contributed by atoms with E-state index in [4.69, 9.17) is 9.47 Å². The van der Waals surface area contributed by atoms with Crippen LogP contribution in [0.1, 0.15) is 54.6 Å². The molecule has 0 radical (unpaired) electrons. The molecule has 0 fully saturated rings. The zero-order valence-corrected chi connectivity index (χ0v) is 19.8. The van der Waals surface area contributed by atoms with E-state index in [-0.39, 0.29) is 11.4 Å². The van der Waals surface area contributed by atoms with Gasteiger partial charge in [0.05, 0.1) is 26.0 Å². The lowest BCUT2D eigenvalue weighted by atomic mass is 9.80. The summed E-state index contributed by atoms with van der Waals surface area (Å²) in [6.45, 7) is 6.74.